The number of amides is 4. The Morgan fingerprint density at radius 2 is 1.94 bits per heavy atom. The predicted octanol–water partition coefficient (Wildman–Crippen LogP) is 4.65. The molecule has 1 aromatic carbocycles. The Labute approximate surface area is 197 Å². The second-order valence-electron chi connectivity index (χ2n) is 7.70. The molecular weight excluding hydrogens is 444 g/mol. The summed E-state index contributed by atoms with van der Waals surface area (Å²) >= 11 is 6.07. The van der Waals surface area contributed by atoms with Gasteiger partial charge in [-0.1, -0.05) is 30.9 Å². The number of halogens is 1. The lowest BCUT2D eigenvalue weighted by Gasteiger charge is -2.22. The Bertz CT molecular complexity index is 987. The van der Waals surface area contributed by atoms with E-state index in [1.54, 1.807) is 24.3 Å². The van der Waals surface area contributed by atoms with Gasteiger partial charge in [-0.3, -0.25) is 5.32 Å². The molecule has 0 unspecified atom stereocenters. The van der Waals surface area contributed by atoms with E-state index in [0.29, 0.717) is 47.4 Å². The van der Waals surface area contributed by atoms with E-state index >= 15 is 0 Å². The number of benzene rings is 1. The van der Waals surface area contributed by atoms with Crippen molar-refractivity contribution in [2.24, 2.45) is 0 Å². The summed E-state index contributed by atoms with van der Waals surface area (Å²) in [4.78, 5) is 28.3. The molecule has 0 atom stereocenters. The van der Waals surface area contributed by atoms with E-state index in [2.05, 4.69) is 26.3 Å². The summed E-state index contributed by atoms with van der Waals surface area (Å²) in [7, 11) is 0. The van der Waals surface area contributed by atoms with E-state index in [1.807, 2.05) is 6.07 Å². The largest absolute Gasteiger partial charge is 0.491 e. The number of rotatable bonds is 8. The van der Waals surface area contributed by atoms with E-state index in [9.17, 15) is 9.59 Å². The van der Waals surface area contributed by atoms with E-state index in [-0.39, 0.29) is 12.1 Å². The van der Waals surface area contributed by atoms with Crippen LogP contribution in [0.4, 0.5) is 21.1 Å². The Morgan fingerprint density at radius 3 is 2.67 bits per heavy atom. The molecule has 0 radical (unpaired) electrons. The second kappa shape index (κ2) is 12.5. The molecule has 9 nitrogen and oxygen atoms in total. The molecule has 1 aliphatic carbocycles. The quantitative estimate of drug-likeness (QED) is 0.417. The molecule has 4 amide bonds. The topological polar surface area (TPSA) is 128 Å². The summed E-state index contributed by atoms with van der Waals surface area (Å²) in [6, 6.07) is 9.56. The molecule has 3 rings (SSSR count). The number of ether oxygens (including phenoxy) is 1. The molecule has 0 bridgehead atoms. The molecule has 1 aliphatic rings. The minimum Gasteiger partial charge on any atom is -0.491 e. The van der Waals surface area contributed by atoms with Gasteiger partial charge in [0.2, 0.25) is 0 Å². The highest BCUT2D eigenvalue weighted by atomic mass is 35.5. The number of carbonyl (C=O) groups excluding carboxylic acids is 2. The number of hydrogen-bond acceptors (Lipinski definition) is 5. The van der Waals surface area contributed by atoms with Crippen molar-refractivity contribution in [2.45, 2.75) is 44.6 Å². The van der Waals surface area contributed by atoms with Crippen LogP contribution < -0.4 is 26.0 Å². The summed E-state index contributed by atoms with van der Waals surface area (Å²) < 4.78 is 5.78. The van der Waals surface area contributed by atoms with Gasteiger partial charge < -0.3 is 20.7 Å². The summed E-state index contributed by atoms with van der Waals surface area (Å²) in [5, 5.41) is 20.4. The number of urea groups is 2. The van der Waals surface area contributed by atoms with Gasteiger partial charge in [-0.15, -0.1) is 0 Å². The van der Waals surface area contributed by atoms with Crippen LogP contribution in [0, 0.1) is 11.3 Å². The molecule has 1 fully saturated rings. The first-order valence-electron chi connectivity index (χ1n) is 10.9. The van der Waals surface area contributed by atoms with Crippen molar-refractivity contribution < 1.29 is 14.3 Å². The van der Waals surface area contributed by atoms with Crippen molar-refractivity contribution in [3.05, 3.63) is 47.1 Å². The molecule has 174 valence electrons. The van der Waals surface area contributed by atoms with Gasteiger partial charge in [0.05, 0.1) is 17.9 Å². The maximum atomic E-state index is 12.3. The third-order valence-corrected chi connectivity index (χ3v) is 5.36. The van der Waals surface area contributed by atoms with Crippen molar-refractivity contribution in [1.29, 1.82) is 5.26 Å². The summed E-state index contributed by atoms with van der Waals surface area (Å²) in [6.07, 6.45) is 7.62. The average molecular weight is 471 g/mol. The number of aromatic nitrogens is 1. The number of hydrogen-bond donors (Lipinski definition) is 4. The number of nitrogens with one attached hydrogen (secondary N) is 4. The highest BCUT2D eigenvalue weighted by Gasteiger charge is 2.15. The maximum absolute atomic E-state index is 12.3. The van der Waals surface area contributed by atoms with Crippen LogP contribution in [0.25, 0.3) is 0 Å². The van der Waals surface area contributed by atoms with E-state index in [4.69, 9.17) is 21.6 Å². The highest BCUT2D eigenvalue weighted by molar-refractivity contribution is 6.31. The lowest BCUT2D eigenvalue weighted by Crippen LogP contribution is -2.43. The van der Waals surface area contributed by atoms with E-state index < -0.39 is 6.03 Å². The van der Waals surface area contributed by atoms with Crippen molar-refractivity contribution in [2.75, 3.05) is 23.8 Å². The van der Waals surface area contributed by atoms with Crippen LogP contribution in [0.5, 0.6) is 5.75 Å². The minimum absolute atomic E-state index is 0.149. The minimum atomic E-state index is -0.527. The molecule has 0 saturated heterocycles. The van der Waals surface area contributed by atoms with Crippen LogP contribution >= 0.6 is 11.6 Å². The third kappa shape index (κ3) is 8.16. The van der Waals surface area contributed by atoms with Crippen LogP contribution in [0.15, 0.2) is 36.5 Å². The zero-order valence-electron chi connectivity index (χ0n) is 18.2. The zero-order valence-corrected chi connectivity index (χ0v) is 19.0. The lowest BCUT2D eigenvalue weighted by molar-refractivity contribution is 0.231. The van der Waals surface area contributed by atoms with Gasteiger partial charge in [0.15, 0.2) is 0 Å². The standard InChI is InChI=1S/C23H27ClN6O3/c24-17-8-9-20(33-12-4-11-26-22(31)28-18-5-2-1-3-6-18)19(13-17)29-23(32)30-21-10-7-16(14-25)15-27-21/h7-10,13,15,18H,1-6,11-12H2,(H2,26,28,31)(H2,27,29,30,32). The number of anilines is 2. The maximum Gasteiger partial charge on any atom is 0.324 e. The zero-order chi connectivity index (χ0) is 23.5. The monoisotopic (exact) mass is 470 g/mol. The van der Waals surface area contributed by atoms with Crippen molar-refractivity contribution in [3.8, 4) is 11.8 Å². The van der Waals surface area contributed by atoms with Crippen molar-refractivity contribution in [1.82, 2.24) is 15.6 Å². The highest BCUT2D eigenvalue weighted by Crippen LogP contribution is 2.28. The van der Waals surface area contributed by atoms with Gasteiger partial charge in [-0.25, -0.2) is 14.6 Å². The number of pyridine rings is 1. The molecular formula is C23H27ClN6O3. The fourth-order valence-electron chi connectivity index (χ4n) is 3.47. The first kappa shape index (κ1) is 24.1. The first-order valence-corrected chi connectivity index (χ1v) is 11.3. The van der Waals surface area contributed by atoms with E-state index in [1.165, 1.54) is 18.7 Å². The molecule has 33 heavy (non-hydrogen) atoms. The molecule has 0 spiro atoms. The van der Waals surface area contributed by atoms with Gasteiger partial charge in [0.1, 0.15) is 17.6 Å². The van der Waals surface area contributed by atoms with Crippen LogP contribution in [-0.4, -0.2) is 36.2 Å². The summed E-state index contributed by atoms with van der Waals surface area (Å²) in [5.74, 6) is 0.752. The fourth-order valence-corrected chi connectivity index (χ4v) is 3.64. The van der Waals surface area contributed by atoms with Gasteiger partial charge in [0.25, 0.3) is 0 Å². The molecule has 1 aromatic heterocycles. The molecule has 0 aliphatic heterocycles. The number of nitriles is 1. The molecule has 4 N–H and O–H groups in total. The third-order valence-electron chi connectivity index (χ3n) is 5.13. The molecule has 1 saturated carbocycles. The smallest absolute Gasteiger partial charge is 0.324 e. The predicted molar refractivity (Wildman–Crippen MR) is 127 cm³/mol. The van der Waals surface area contributed by atoms with Gasteiger partial charge in [-0.05, 0) is 49.6 Å². The van der Waals surface area contributed by atoms with Crippen LogP contribution in [-0.2, 0) is 0 Å². The normalized spacial score (nSPS) is 13.5. The Morgan fingerprint density at radius 1 is 1.12 bits per heavy atom. The average Bonchev–Trinajstić information content (AvgIpc) is 2.81. The van der Waals surface area contributed by atoms with Crippen molar-refractivity contribution in [3.63, 3.8) is 0 Å². The van der Waals surface area contributed by atoms with Gasteiger partial charge >= 0.3 is 12.1 Å². The fraction of sp³-hybridized carbons (Fsp3) is 0.391. The van der Waals surface area contributed by atoms with Crippen molar-refractivity contribution >= 4 is 35.2 Å². The second-order valence-corrected chi connectivity index (χ2v) is 8.14. The molecule has 10 heteroatoms. The number of nitrogens with zero attached hydrogens (tertiary/aromatic N) is 2. The SMILES string of the molecule is N#Cc1ccc(NC(=O)Nc2cc(Cl)ccc2OCCCNC(=O)NC2CCCCC2)nc1. The Kier molecular flexibility index (Phi) is 9.15. The lowest BCUT2D eigenvalue weighted by atomic mass is 9.96. The Balaban J connectivity index is 1.43. The van der Waals surface area contributed by atoms with Crippen LogP contribution in [0.1, 0.15) is 44.1 Å². The van der Waals surface area contributed by atoms with Gasteiger partial charge in [-0.2, -0.15) is 5.26 Å². The Hall–Kier alpha value is -3.51. The van der Waals surface area contributed by atoms with Gasteiger partial charge in [0, 0.05) is 23.8 Å². The summed E-state index contributed by atoms with van der Waals surface area (Å²) in [6.45, 7) is 0.818. The summed E-state index contributed by atoms with van der Waals surface area (Å²) in [5.41, 5.74) is 0.795. The van der Waals surface area contributed by atoms with E-state index in [0.717, 1.165) is 25.7 Å². The van der Waals surface area contributed by atoms with Crippen LogP contribution in [0.3, 0.4) is 0 Å². The molecule has 2 aromatic rings. The number of carbonyl (C=O) groups is 2. The first-order chi connectivity index (χ1) is 16.0. The molecule has 1 heterocycles. The van der Waals surface area contributed by atoms with Crippen LogP contribution in [0.2, 0.25) is 5.02 Å².